The van der Waals surface area contributed by atoms with Gasteiger partial charge in [0.1, 0.15) is 47.3 Å². The van der Waals surface area contributed by atoms with E-state index >= 15 is 0 Å². The summed E-state index contributed by atoms with van der Waals surface area (Å²) in [4.78, 5) is 88.7. The molecule has 3 aliphatic carbocycles. The molecular formula is C55H87N3O10. The number of nitrogens with one attached hydrogen (secondary N) is 3. The maximum absolute atomic E-state index is 13.9. The van der Waals surface area contributed by atoms with Crippen LogP contribution in [0.5, 0.6) is 5.75 Å². The quantitative estimate of drug-likeness (QED) is 0.0354. The lowest BCUT2D eigenvalue weighted by atomic mass is 9.55. The van der Waals surface area contributed by atoms with Gasteiger partial charge in [0, 0.05) is 50.5 Å². The van der Waals surface area contributed by atoms with Crippen molar-refractivity contribution in [1.29, 1.82) is 0 Å². The Morgan fingerprint density at radius 2 is 1.37 bits per heavy atom. The third-order valence-electron chi connectivity index (χ3n) is 14.9. The Morgan fingerprint density at radius 1 is 0.721 bits per heavy atom. The van der Waals surface area contributed by atoms with E-state index in [0.717, 1.165) is 70.6 Å². The Bertz CT molecular complexity index is 1830. The number of esters is 3. The minimum absolute atomic E-state index is 0.0470. The third-order valence-corrected chi connectivity index (χ3v) is 14.9. The minimum Gasteiger partial charge on any atom is -0.465 e. The van der Waals surface area contributed by atoms with Gasteiger partial charge in [0.05, 0.1) is 6.61 Å². The van der Waals surface area contributed by atoms with Crippen molar-refractivity contribution in [1.82, 2.24) is 16.0 Å². The average molecular weight is 950 g/mol. The molecule has 6 unspecified atom stereocenters. The number of ether oxygens (including phenoxy) is 3. The predicted molar refractivity (Wildman–Crippen MR) is 264 cm³/mol. The number of carbonyl (C=O) groups is 7. The maximum Gasteiger partial charge on any atom is 0.328 e. The second kappa shape index (κ2) is 28.6. The lowest BCUT2D eigenvalue weighted by molar-refractivity contribution is -0.161. The van der Waals surface area contributed by atoms with Crippen LogP contribution in [-0.2, 0) is 49.5 Å². The van der Waals surface area contributed by atoms with E-state index in [9.17, 15) is 33.6 Å². The minimum atomic E-state index is -0.739. The number of rotatable bonds is 32. The standard InChI is InChI=1S/C55H87N3O10/c1-9-66-52(63)47(21-12-10-11-18-40(60)19-14-13-17-38(6)59)57-32-30-41(61)20-15-16-22-51(62)58-49(34-37(4)5)54(65)68-50-28-27-46-45-25-23-39-35-42(67-53(64)48(56-8)33-36(2)3)24-26-43(39)44(45)29-31-55(46,50)7/h24,26,35-37,44-50,56-57H,9-23,25,27-34H2,1-8H3,(H,58,62)/t44?,45?,46?,47?,48?,49?,50-,55-/m0/s1. The highest BCUT2D eigenvalue weighted by Crippen LogP contribution is 2.61. The summed E-state index contributed by atoms with van der Waals surface area (Å²) in [5.74, 6) is 1.70. The molecule has 382 valence electrons. The molecule has 0 aliphatic heterocycles. The highest BCUT2D eigenvalue weighted by Gasteiger charge is 2.56. The van der Waals surface area contributed by atoms with Crippen LogP contribution in [0.25, 0.3) is 0 Å². The second-order valence-corrected chi connectivity index (χ2v) is 21.3. The molecule has 0 aromatic heterocycles. The molecular weight excluding hydrogens is 863 g/mol. The van der Waals surface area contributed by atoms with Crippen molar-refractivity contribution < 1.29 is 47.8 Å². The van der Waals surface area contributed by atoms with E-state index in [1.807, 2.05) is 19.9 Å². The smallest absolute Gasteiger partial charge is 0.328 e. The lowest BCUT2D eigenvalue weighted by Gasteiger charge is -2.50. The van der Waals surface area contributed by atoms with Crippen LogP contribution < -0.4 is 20.7 Å². The highest BCUT2D eigenvalue weighted by molar-refractivity contribution is 5.85. The Hall–Kier alpha value is -3.97. The van der Waals surface area contributed by atoms with Gasteiger partial charge in [-0.1, -0.05) is 53.5 Å². The molecule has 8 atom stereocenters. The number of carbonyl (C=O) groups excluding carboxylic acids is 7. The Labute approximate surface area is 407 Å². The van der Waals surface area contributed by atoms with Gasteiger partial charge >= 0.3 is 17.9 Å². The zero-order valence-electron chi connectivity index (χ0n) is 43.0. The first-order valence-electron chi connectivity index (χ1n) is 26.4. The number of benzene rings is 1. The molecule has 0 bridgehead atoms. The molecule has 68 heavy (non-hydrogen) atoms. The fourth-order valence-electron chi connectivity index (χ4n) is 11.3. The van der Waals surface area contributed by atoms with Gasteiger partial charge in [-0.25, -0.2) is 9.59 Å². The summed E-state index contributed by atoms with van der Waals surface area (Å²) >= 11 is 0. The van der Waals surface area contributed by atoms with Gasteiger partial charge < -0.3 is 35.0 Å². The highest BCUT2D eigenvalue weighted by atomic mass is 16.5. The molecule has 3 aliphatic rings. The molecule has 1 aromatic rings. The number of Topliss-reactive ketones (excluding diaryl/α,β-unsaturated/α-hetero) is 3. The van der Waals surface area contributed by atoms with Crippen LogP contribution in [0.2, 0.25) is 0 Å². The number of amides is 1. The number of unbranched alkanes of at least 4 members (excludes halogenated alkanes) is 4. The zero-order valence-corrected chi connectivity index (χ0v) is 43.0. The second-order valence-electron chi connectivity index (χ2n) is 21.3. The predicted octanol–water partition coefficient (Wildman–Crippen LogP) is 9.23. The van der Waals surface area contributed by atoms with Crippen molar-refractivity contribution in [2.45, 2.75) is 220 Å². The largest absolute Gasteiger partial charge is 0.465 e. The fraction of sp³-hybridized carbons (Fsp3) is 0.764. The van der Waals surface area contributed by atoms with E-state index in [1.165, 1.54) is 11.1 Å². The molecule has 13 heteroatoms. The molecule has 0 heterocycles. The number of fused-ring (bicyclic) bond motifs is 5. The molecule has 0 radical (unpaired) electrons. The van der Waals surface area contributed by atoms with Crippen molar-refractivity contribution in [2.24, 2.45) is 29.1 Å². The molecule has 0 saturated heterocycles. The van der Waals surface area contributed by atoms with Gasteiger partial charge in [0.25, 0.3) is 0 Å². The van der Waals surface area contributed by atoms with Gasteiger partial charge in [0.2, 0.25) is 5.91 Å². The summed E-state index contributed by atoms with van der Waals surface area (Å²) < 4.78 is 17.5. The average Bonchev–Trinajstić information content (AvgIpc) is 3.62. The Balaban J connectivity index is 1.18. The summed E-state index contributed by atoms with van der Waals surface area (Å²) in [6.45, 7) is 14.5. The fourth-order valence-corrected chi connectivity index (χ4v) is 11.3. The van der Waals surface area contributed by atoms with Crippen molar-refractivity contribution in [3.63, 3.8) is 0 Å². The monoisotopic (exact) mass is 950 g/mol. The van der Waals surface area contributed by atoms with Gasteiger partial charge in [-0.15, -0.1) is 0 Å². The maximum atomic E-state index is 13.9. The Morgan fingerprint density at radius 3 is 2.03 bits per heavy atom. The first-order valence-corrected chi connectivity index (χ1v) is 26.4. The lowest BCUT2D eigenvalue weighted by Crippen LogP contribution is -2.48. The molecule has 2 saturated carbocycles. The molecule has 1 amide bonds. The SMILES string of the molecule is CCOC(=O)C(CCCCCC(=O)CCCCC(C)=O)NCCC(=O)CCCCC(=O)NC(CC(C)C)C(=O)O[C@H]1CCC2C3CCc4cc(OC(=O)C(CC(C)C)NC)ccc4C3CC[C@@]21C. The Kier molecular flexibility index (Phi) is 23.8. The van der Waals surface area contributed by atoms with Crippen LogP contribution in [0.15, 0.2) is 18.2 Å². The summed E-state index contributed by atoms with van der Waals surface area (Å²) in [7, 11) is 1.80. The van der Waals surface area contributed by atoms with E-state index in [1.54, 1.807) is 20.9 Å². The van der Waals surface area contributed by atoms with Crippen molar-refractivity contribution in [2.75, 3.05) is 20.2 Å². The number of likely N-dealkylation sites (N-methyl/N-ethyl adjacent to an activating group) is 1. The van der Waals surface area contributed by atoms with Crippen LogP contribution in [0.3, 0.4) is 0 Å². The molecule has 3 N–H and O–H groups in total. The van der Waals surface area contributed by atoms with Gasteiger partial charge in [-0.05, 0) is 164 Å². The van der Waals surface area contributed by atoms with Crippen molar-refractivity contribution >= 4 is 41.2 Å². The van der Waals surface area contributed by atoms with E-state index in [4.69, 9.17) is 14.2 Å². The van der Waals surface area contributed by atoms with Crippen LogP contribution in [-0.4, -0.2) is 85.6 Å². The topological polar surface area (TPSA) is 183 Å². The normalized spacial score (nSPS) is 22.0. The van der Waals surface area contributed by atoms with Gasteiger partial charge in [0.15, 0.2) is 0 Å². The summed E-state index contributed by atoms with van der Waals surface area (Å²) in [6, 6.07) is 4.58. The van der Waals surface area contributed by atoms with E-state index in [2.05, 4.69) is 48.9 Å². The summed E-state index contributed by atoms with van der Waals surface area (Å²) in [5, 5.41) is 9.28. The third kappa shape index (κ3) is 17.8. The first kappa shape index (κ1) is 56.6. The summed E-state index contributed by atoms with van der Waals surface area (Å²) in [5.41, 5.74) is 2.48. The molecule has 1 aromatic carbocycles. The molecule has 0 spiro atoms. The molecule has 4 rings (SSSR count). The van der Waals surface area contributed by atoms with Crippen molar-refractivity contribution in [3.05, 3.63) is 29.3 Å². The van der Waals surface area contributed by atoms with E-state index in [0.29, 0.717) is 93.8 Å². The number of hydrogen-bond acceptors (Lipinski definition) is 12. The van der Waals surface area contributed by atoms with Crippen LogP contribution in [0.1, 0.15) is 200 Å². The molecule has 2 fully saturated rings. The first-order chi connectivity index (χ1) is 32.4. The van der Waals surface area contributed by atoms with Crippen LogP contribution in [0.4, 0.5) is 0 Å². The van der Waals surface area contributed by atoms with E-state index in [-0.39, 0.29) is 84.1 Å². The number of aryl methyl sites for hydroxylation is 1. The van der Waals surface area contributed by atoms with Crippen LogP contribution >= 0.6 is 0 Å². The summed E-state index contributed by atoms with van der Waals surface area (Å²) in [6.07, 6.45) is 14.4. The van der Waals surface area contributed by atoms with E-state index < -0.39 is 12.1 Å². The number of hydrogen-bond donors (Lipinski definition) is 3. The zero-order chi connectivity index (χ0) is 49.8. The van der Waals surface area contributed by atoms with Crippen molar-refractivity contribution in [3.8, 4) is 5.75 Å². The molecule has 13 nitrogen and oxygen atoms in total. The van der Waals surface area contributed by atoms with Crippen LogP contribution in [0, 0.1) is 29.1 Å². The van der Waals surface area contributed by atoms with Gasteiger partial charge in [-0.2, -0.15) is 0 Å². The number of ketones is 3. The van der Waals surface area contributed by atoms with Gasteiger partial charge in [-0.3, -0.25) is 19.2 Å².